The number of methoxy groups -OCH3 is 2. The molecule has 3 aromatic rings. The van der Waals surface area contributed by atoms with E-state index in [0.717, 1.165) is 27.7 Å². The van der Waals surface area contributed by atoms with Crippen molar-refractivity contribution in [3.8, 4) is 0 Å². The van der Waals surface area contributed by atoms with Gasteiger partial charge in [0, 0.05) is 41.9 Å². The Morgan fingerprint density at radius 3 is 1.41 bits per heavy atom. The Kier molecular flexibility index (Phi) is 17.1. The standard InChI is InChI=1S/C43H48O18/c1-25(44)53-22-34-37(56-26(2)45)38(57-27(3)46)39(58-28(4)47)43(61-34)55-24-33(60-42(50)31-20-14-9-15-21-31)36(52-6)35(51-5)32(59-41(49)30-18-12-8-13-19-30)23-54-40(48)29-16-10-7-11-17-29/h7-21,32-39,43H,22-24H2,1-6H3/t32-,33-,34-,35-,36-,37-,38+,39-,43-/m1/s1/i5D,6D. The van der Waals surface area contributed by atoms with E-state index in [2.05, 4.69) is 0 Å². The second-order valence-electron chi connectivity index (χ2n) is 13.2. The summed E-state index contributed by atoms with van der Waals surface area (Å²) in [4.78, 5) is 89.5. The first-order chi connectivity index (χ1) is 30.2. The summed E-state index contributed by atoms with van der Waals surface area (Å²) in [5.41, 5.74) is 0.273. The number of ether oxygens (including phenoxy) is 11. The summed E-state index contributed by atoms with van der Waals surface area (Å²) in [6, 6.07) is 23.2. The van der Waals surface area contributed by atoms with Gasteiger partial charge in [0.25, 0.3) is 0 Å². The molecule has 1 fully saturated rings. The number of esters is 7. The van der Waals surface area contributed by atoms with Gasteiger partial charge < -0.3 is 52.1 Å². The summed E-state index contributed by atoms with van der Waals surface area (Å²) in [6.45, 7) is 2.15. The van der Waals surface area contributed by atoms with Crippen LogP contribution in [0.5, 0.6) is 0 Å². The van der Waals surface area contributed by atoms with Crippen LogP contribution in [-0.4, -0.2) is 131 Å². The lowest BCUT2D eigenvalue weighted by Crippen LogP contribution is -2.63. The van der Waals surface area contributed by atoms with Gasteiger partial charge in [-0.15, -0.1) is 0 Å². The molecule has 0 unspecified atom stereocenters. The van der Waals surface area contributed by atoms with E-state index in [1.54, 1.807) is 54.6 Å². The molecule has 1 saturated heterocycles. The highest BCUT2D eigenvalue weighted by molar-refractivity contribution is 5.90. The molecule has 3 aromatic carbocycles. The quantitative estimate of drug-likeness (QED) is 0.117. The van der Waals surface area contributed by atoms with Crippen LogP contribution in [0.25, 0.3) is 0 Å². The van der Waals surface area contributed by atoms with E-state index >= 15 is 0 Å². The lowest BCUT2D eigenvalue weighted by molar-refractivity contribution is -0.313. The summed E-state index contributed by atoms with van der Waals surface area (Å²) in [7, 11) is -1.67. The SMILES string of the molecule is [2H]CO[C@@H]([C@H](OC[2H])[C@@H](CO[C@@H]1O[C@H](COC(C)=O)[C@@H](OC(C)=O)[C@H](OC(C)=O)[C@H]1OC(C)=O)OC(=O)c1ccccc1)[C@@H](COC(=O)c1ccccc1)OC(=O)c1ccccc1. The van der Waals surface area contributed by atoms with Gasteiger partial charge in [0.15, 0.2) is 36.8 Å². The van der Waals surface area contributed by atoms with E-state index in [-0.39, 0.29) is 16.7 Å². The molecular weight excluding hydrogens is 804 g/mol. The minimum absolute atomic E-state index is 0.0428. The number of hydrogen-bond acceptors (Lipinski definition) is 18. The molecule has 0 amide bonds. The largest absolute Gasteiger partial charge is 0.463 e. The first-order valence-electron chi connectivity index (χ1n) is 20.1. The van der Waals surface area contributed by atoms with Crippen molar-refractivity contribution >= 4 is 41.8 Å². The Morgan fingerprint density at radius 2 is 0.967 bits per heavy atom. The maximum Gasteiger partial charge on any atom is 0.338 e. The molecule has 0 radical (unpaired) electrons. The molecule has 61 heavy (non-hydrogen) atoms. The molecule has 0 bridgehead atoms. The second-order valence-corrected chi connectivity index (χ2v) is 13.2. The van der Waals surface area contributed by atoms with Crippen molar-refractivity contribution in [2.24, 2.45) is 0 Å². The fraction of sp³-hybridized carbons (Fsp3) is 0.419. The van der Waals surface area contributed by atoms with Gasteiger partial charge >= 0.3 is 41.8 Å². The zero-order chi connectivity index (χ0) is 45.9. The van der Waals surface area contributed by atoms with Crippen molar-refractivity contribution in [3.05, 3.63) is 108 Å². The van der Waals surface area contributed by atoms with Crippen LogP contribution in [-0.2, 0) is 71.3 Å². The van der Waals surface area contributed by atoms with E-state index in [1.807, 2.05) is 0 Å². The zero-order valence-corrected chi connectivity index (χ0v) is 33.7. The smallest absolute Gasteiger partial charge is 0.338 e. The maximum atomic E-state index is 13.8. The molecule has 9 atom stereocenters. The third-order valence-electron chi connectivity index (χ3n) is 8.74. The van der Waals surface area contributed by atoms with Gasteiger partial charge in [0.05, 0.1) is 26.0 Å². The number of carbonyl (C=O) groups is 7. The Balaban J connectivity index is 1.80. The van der Waals surface area contributed by atoms with E-state index in [9.17, 15) is 33.6 Å². The fourth-order valence-electron chi connectivity index (χ4n) is 6.11. The minimum atomic E-state index is -1.77. The predicted molar refractivity (Wildman–Crippen MR) is 208 cm³/mol. The van der Waals surface area contributed by atoms with Crippen LogP contribution in [0.2, 0.25) is 0 Å². The lowest BCUT2D eigenvalue weighted by Gasteiger charge is -2.44. The van der Waals surface area contributed by atoms with Gasteiger partial charge in [-0.25, -0.2) is 14.4 Å². The average Bonchev–Trinajstić information content (AvgIpc) is 3.26. The molecule has 1 aliphatic heterocycles. The van der Waals surface area contributed by atoms with Crippen LogP contribution in [0.3, 0.4) is 0 Å². The number of hydrogen-bond donors (Lipinski definition) is 0. The lowest BCUT2D eigenvalue weighted by atomic mass is 9.98. The first-order valence-corrected chi connectivity index (χ1v) is 18.7. The number of carbonyl (C=O) groups excluding carboxylic acids is 7. The Bertz CT molecular complexity index is 1970. The van der Waals surface area contributed by atoms with E-state index in [0.29, 0.717) is 0 Å². The van der Waals surface area contributed by atoms with Crippen LogP contribution < -0.4 is 0 Å². The molecule has 0 N–H and O–H groups in total. The summed E-state index contributed by atoms with van der Waals surface area (Å²) in [5, 5.41) is 0. The van der Waals surface area contributed by atoms with E-state index in [4.69, 9.17) is 54.8 Å². The predicted octanol–water partition coefficient (Wildman–Crippen LogP) is 3.42. The van der Waals surface area contributed by atoms with Crippen molar-refractivity contribution in [2.45, 2.75) is 82.8 Å². The van der Waals surface area contributed by atoms with Crippen LogP contribution in [0.1, 0.15) is 61.5 Å². The van der Waals surface area contributed by atoms with Gasteiger partial charge in [0.2, 0.25) is 0 Å². The summed E-state index contributed by atoms with van der Waals surface area (Å²) in [6.07, 6.45) is -14.7. The molecule has 328 valence electrons. The Labute approximate surface area is 354 Å². The normalized spacial score (nSPS) is 20.8. The molecular formula is C43H48O18. The molecule has 18 nitrogen and oxygen atoms in total. The maximum absolute atomic E-state index is 13.8. The zero-order valence-electron chi connectivity index (χ0n) is 35.7. The van der Waals surface area contributed by atoms with Crippen molar-refractivity contribution in [1.82, 2.24) is 0 Å². The molecule has 18 heteroatoms. The molecule has 0 aliphatic carbocycles. The third kappa shape index (κ3) is 14.2. The fourth-order valence-corrected chi connectivity index (χ4v) is 6.11. The van der Waals surface area contributed by atoms with Crippen molar-refractivity contribution in [2.75, 3.05) is 34.0 Å². The van der Waals surface area contributed by atoms with Gasteiger partial charge in [-0.05, 0) is 36.4 Å². The Morgan fingerprint density at radius 1 is 0.541 bits per heavy atom. The second kappa shape index (κ2) is 23.5. The van der Waals surface area contributed by atoms with Crippen molar-refractivity contribution in [3.63, 3.8) is 0 Å². The first kappa shape index (κ1) is 44.3. The Hall–Kier alpha value is -6.21. The van der Waals surface area contributed by atoms with Crippen LogP contribution in [0.4, 0.5) is 0 Å². The molecule has 1 heterocycles. The van der Waals surface area contributed by atoms with E-state index < -0.39 is 131 Å². The minimum Gasteiger partial charge on any atom is -0.463 e. The van der Waals surface area contributed by atoms with Crippen LogP contribution in [0.15, 0.2) is 91.0 Å². The number of rotatable bonds is 20. The summed E-state index contributed by atoms with van der Waals surface area (Å²) in [5.74, 6) is -6.14. The highest BCUT2D eigenvalue weighted by Crippen LogP contribution is 2.31. The highest BCUT2D eigenvalue weighted by Gasteiger charge is 2.53. The third-order valence-corrected chi connectivity index (χ3v) is 8.74. The monoisotopic (exact) mass is 854 g/mol. The molecule has 4 rings (SSSR count). The van der Waals surface area contributed by atoms with Crippen molar-refractivity contribution in [1.29, 1.82) is 0 Å². The summed E-state index contributed by atoms with van der Waals surface area (Å²) >= 11 is 0. The topological polar surface area (TPSA) is 221 Å². The number of benzene rings is 3. The van der Waals surface area contributed by atoms with E-state index in [1.165, 1.54) is 36.4 Å². The molecule has 0 spiro atoms. The van der Waals surface area contributed by atoms with Gasteiger partial charge in [0.1, 0.15) is 31.5 Å². The van der Waals surface area contributed by atoms with Crippen LogP contribution >= 0.6 is 0 Å². The van der Waals surface area contributed by atoms with Gasteiger partial charge in [-0.3, -0.25) is 19.2 Å². The summed E-state index contributed by atoms with van der Waals surface area (Å²) < 4.78 is 78.9. The van der Waals surface area contributed by atoms with Gasteiger partial charge in [-0.2, -0.15) is 0 Å². The molecule has 1 aliphatic rings. The molecule has 0 aromatic heterocycles. The highest BCUT2D eigenvalue weighted by atomic mass is 16.7. The molecule has 0 saturated carbocycles. The van der Waals surface area contributed by atoms with Crippen molar-refractivity contribution < 1.29 is 88.4 Å². The van der Waals surface area contributed by atoms with Gasteiger partial charge in [-0.1, -0.05) is 54.6 Å². The average molecular weight is 855 g/mol. The van der Waals surface area contributed by atoms with Crippen LogP contribution in [0, 0.1) is 0 Å².